The van der Waals surface area contributed by atoms with Gasteiger partial charge in [0.15, 0.2) is 0 Å². The van der Waals surface area contributed by atoms with Crippen molar-refractivity contribution in [2.45, 2.75) is 57.7 Å². The van der Waals surface area contributed by atoms with Crippen molar-refractivity contribution in [1.29, 1.82) is 0 Å². The summed E-state index contributed by atoms with van der Waals surface area (Å²) in [5.41, 5.74) is 0.397. The molecule has 27 heavy (non-hydrogen) atoms. The van der Waals surface area contributed by atoms with E-state index in [9.17, 15) is 22.0 Å². The van der Waals surface area contributed by atoms with Gasteiger partial charge in [-0.1, -0.05) is 25.5 Å². The predicted octanol–water partition coefficient (Wildman–Crippen LogP) is 6.24. The first kappa shape index (κ1) is 21.9. The molecule has 2 nitrogen and oxygen atoms in total. The van der Waals surface area contributed by atoms with E-state index in [1.807, 2.05) is 0 Å². The molecule has 0 radical (unpaired) electrons. The van der Waals surface area contributed by atoms with Crippen molar-refractivity contribution in [2.75, 3.05) is 13.7 Å². The third-order valence-electron chi connectivity index (χ3n) is 5.39. The number of rotatable bonds is 8. The molecule has 1 aromatic carbocycles. The molecular weight excluding hydrogens is 367 g/mol. The van der Waals surface area contributed by atoms with Gasteiger partial charge in [0, 0.05) is 7.11 Å². The molecule has 0 spiro atoms. The van der Waals surface area contributed by atoms with Crippen LogP contribution in [0.2, 0.25) is 0 Å². The van der Waals surface area contributed by atoms with Gasteiger partial charge in [-0.3, -0.25) is 0 Å². The van der Waals surface area contributed by atoms with Gasteiger partial charge in [0.05, 0.1) is 18.4 Å². The Labute approximate surface area is 157 Å². The fourth-order valence-electron chi connectivity index (χ4n) is 3.60. The maximum absolute atomic E-state index is 14.4. The Morgan fingerprint density at radius 2 is 1.59 bits per heavy atom. The van der Waals surface area contributed by atoms with E-state index in [0.29, 0.717) is 24.3 Å². The fourth-order valence-corrected chi connectivity index (χ4v) is 3.60. The van der Waals surface area contributed by atoms with Gasteiger partial charge in [-0.25, -0.2) is 0 Å². The van der Waals surface area contributed by atoms with Crippen LogP contribution in [0.25, 0.3) is 0 Å². The minimum atomic E-state index is -4.38. The van der Waals surface area contributed by atoms with Gasteiger partial charge < -0.3 is 9.47 Å². The Kier molecular flexibility index (Phi) is 7.48. The molecule has 1 aliphatic carbocycles. The van der Waals surface area contributed by atoms with E-state index < -0.39 is 30.7 Å². The Balaban J connectivity index is 1.96. The highest BCUT2D eigenvalue weighted by Gasteiger charge is 2.44. The summed E-state index contributed by atoms with van der Waals surface area (Å²) in [7, 11) is 1.21. The first-order valence-electron chi connectivity index (χ1n) is 9.37. The summed E-state index contributed by atoms with van der Waals surface area (Å²) in [5.74, 6) is -1.98. The average Bonchev–Trinajstić information content (AvgIpc) is 2.62. The van der Waals surface area contributed by atoms with Gasteiger partial charge in [-0.05, 0) is 55.7 Å². The van der Waals surface area contributed by atoms with Gasteiger partial charge in [0.2, 0.25) is 0 Å². The van der Waals surface area contributed by atoms with E-state index >= 15 is 0 Å². The van der Waals surface area contributed by atoms with E-state index in [4.69, 9.17) is 4.74 Å². The molecule has 7 heteroatoms. The summed E-state index contributed by atoms with van der Waals surface area (Å²) in [5, 5.41) is 0. The van der Waals surface area contributed by atoms with Crippen LogP contribution >= 0.6 is 0 Å². The molecule has 0 amide bonds. The van der Waals surface area contributed by atoms with Crippen LogP contribution in [0.5, 0.6) is 5.75 Å². The Morgan fingerprint density at radius 1 is 1.00 bits per heavy atom. The molecule has 0 aromatic heterocycles. The third-order valence-corrected chi connectivity index (χ3v) is 5.39. The molecule has 1 unspecified atom stereocenters. The normalized spacial score (nSPS) is 22.5. The number of methoxy groups -OCH3 is 1. The van der Waals surface area contributed by atoms with E-state index in [0.717, 1.165) is 19.3 Å². The third kappa shape index (κ3) is 6.33. The van der Waals surface area contributed by atoms with Gasteiger partial charge >= 0.3 is 12.3 Å². The quantitative estimate of drug-likeness (QED) is 0.486. The van der Waals surface area contributed by atoms with Crippen molar-refractivity contribution in [1.82, 2.24) is 0 Å². The summed E-state index contributed by atoms with van der Waals surface area (Å²) < 4.78 is 77.2. The van der Waals surface area contributed by atoms with Gasteiger partial charge in [-0.2, -0.15) is 22.0 Å². The zero-order chi connectivity index (χ0) is 20.1. The second kappa shape index (κ2) is 9.22. The number of hydrogen-bond acceptors (Lipinski definition) is 2. The lowest BCUT2D eigenvalue weighted by Crippen LogP contribution is -2.37. The molecule has 0 N–H and O–H groups in total. The maximum atomic E-state index is 14.4. The molecule has 0 heterocycles. The summed E-state index contributed by atoms with van der Waals surface area (Å²) in [6.45, 7) is 1.62. The topological polar surface area (TPSA) is 18.5 Å². The van der Waals surface area contributed by atoms with Crippen LogP contribution in [-0.2, 0) is 11.2 Å². The van der Waals surface area contributed by atoms with E-state index in [1.54, 1.807) is 0 Å². The molecule has 1 fully saturated rings. The summed E-state index contributed by atoms with van der Waals surface area (Å²) >= 11 is 0. The van der Waals surface area contributed by atoms with Crippen LogP contribution in [0.3, 0.4) is 0 Å². The van der Waals surface area contributed by atoms with Gasteiger partial charge in [-0.15, -0.1) is 0 Å². The SMILES string of the molecule is CCC1CCC(C(F)(F)Oc2ccc(CC(COC)C(F)(F)F)cc2)CC1. The summed E-state index contributed by atoms with van der Waals surface area (Å²) in [6.07, 6.45) is -4.52. The number of benzene rings is 1. The molecule has 0 bridgehead atoms. The average molecular weight is 394 g/mol. The fraction of sp³-hybridized carbons (Fsp3) is 0.700. The molecule has 2 rings (SSSR count). The Hall–Kier alpha value is -1.37. The van der Waals surface area contributed by atoms with Crippen molar-refractivity contribution in [2.24, 2.45) is 17.8 Å². The molecule has 154 valence electrons. The van der Waals surface area contributed by atoms with Crippen molar-refractivity contribution >= 4 is 0 Å². The number of hydrogen-bond donors (Lipinski definition) is 0. The van der Waals surface area contributed by atoms with E-state index in [-0.39, 0.29) is 12.2 Å². The summed E-state index contributed by atoms with van der Waals surface area (Å²) in [4.78, 5) is 0. The minimum absolute atomic E-state index is 0.0309. The zero-order valence-electron chi connectivity index (χ0n) is 15.7. The smallest absolute Gasteiger partial charge is 0.400 e. The first-order chi connectivity index (χ1) is 12.7. The van der Waals surface area contributed by atoms with Crippen LogP contribution in [0.15, 0.2) is 24.3 Å². The molecule has 1 atom stereocenters. The molecule has 1 aromatic rings. The van der Waals surface area contributed by atoms with E-state index in [1.165, 1.54) is 31.4 Å². The standard InChI is InChI=1S/C20H27F5O2/c1-3-14-4-8-16(9-5-14)20(24,25)27-18-10-6-15(7-11-18)12-17(13-26-2)19(21,22)23/h6-7,10-11,14,16-17H,3-5,8-9,12-13H2,1-2H3. The van der Waals surface area contributed by atoms with E-state index in [2.05, 4.69) is 11.7 Å². The largest absolute Gasteiger partial charge is 0.432 e. The molecule has 0 saturated heterocycles. The lowest BCUT2D eigenvalue weighted by atomic mass is 9.80. The highest BCUT2D eigenvalue weighted by molar-refractivity contribution is 5.28. The predicted molar refractivity (Wildman–Crippen MR) is 92.9 cm³/mol. The molecule has 1 saturated carbocycles. The second-order valence-corrected chi connectivity index (χ2v) is 7.33. The van der Waals surface area contributed by atoms with Crippen LogP contribution < -0.4 is 4.74 Å². The first-order valence-corrected chi connectivity index (χ1v) is 9.37. The van der Waals surface area contributed by atoms with Crippen LogP contribution in [-0.4, -0.2) is 26.0 Å². The summed E-state index contributed by atoms with van der Waals surface area (Å²) in [6, 6.07) is 5.41. The van der Waals surface area contributed by atoms with Gasteiger partial charge in [0.1, 0.15) is 5.75 Å². The molecular formula is C20H27F5O2. The molecule has 1 aliphatic rings. The zero-order valence-corrected chi connectivity index (χ0v) is 15.7. The van der Waals surface area contributed by atoms with Crippen LogP contribution in [0.4, 0.5) is 22.0 Å². The van der Waals surface area contributed by atoms with Gasteiger partial charge in [0.25, 0.3) is 0 Å². The Morgan fingerprint density at radius 3 is 2.07 bits per heavy atom. The minimum Gasteiger partial charge on any atom is -0.432 e. The monoisotopic (exact) mass is 394 g/mol. The van der Waals surface area contributed by atoms with Crippen molar-refractivity contribution in [3.63, 3.8) is 0 Å². The lowest BCUT2D eigenvalue weighted by Gasteiger charge is -2.33. The van der Waals surface area contributed by atoms with Crippen molar-refractivity contribution in [3.8, 4) is 5.75 Å². The lowest BCUT2D eigenvalue weighted by molar-refractivity contribution is -0.223. The number of ether oxygens (including phenoxy) is 2. The van der Waals surface area contributed by atoms with Crippen molar-refractivity contribution < 1.29 is 31.4 Å². The highest BCUT2D eigenvalue weighted by Crippen LogP contribution is 2.40. The maximum Gasteiger partial charge on any atom is 0.400 e. The number of alkyl halides is 5. The van der Waals surface area contributed by atoms with Crippen LogP contribution in [0.1, 0.15) is 44.6 Å². The number of halogens is 5. The highest BCUT2D eigenvalue weighted by atomic mass is 19.4. The van der Waals surface area contributed by atoms with Crippen molar-refractivity contribution in [3.05, 3.63) is 29.8 Å². The molecule has 0 aliphatic heterocycles. The van der Waals surface area contributed by atoms with Crippen LogP contribution in [0, 0.1) is 17.8 Å². The Bertz CT molecular complexity index is 563. The second-order valence-electron chi connectivity index (χ2n) is 7.33.